The summed E-state index contributed by atoms with van der Waals surface area (Å²) < 4.78 is 20.0. The largest absolute Gasteiger partial charge is 0.466 e. The van der Waals surface area contributed by atoms with Crippen LogP contribution in [0, 0.1) is 5.82 Å². The van der Waals surface area contributed by atoms with Crippen LogP contribution in [0.25, 0.3) is 16.2 Å². The Bertz CT molecular complexity index is 796. The first-order valence-corrected chi connectivity index (χ1v) is 7.27. The molecular weight excluding hydrogens is 293 g/mol. The lowest BCUT2D eigenvalue weighted by molar-refractivity contribution is -0.142. The standard InChI is InChI=1S/C14H12FN3O2S/c1-2-20-13(19)4-11-8-21-14-17-12(7-18(11)14)9-3-10(15)6-16-5-9/h3,5-8H,2,4H2,1H3. The van der Waals surface area contributed by atoms with Crippen molar-refractivity contribution in [3.05, 3.63) is 41.5 Å². The lowest BCUT2D eigenvalue weighted by Crippen LogP contribution is -2.08. The molecule has 0 saturated heterocycles. The summed E-state index contributed by atoms with van der Waals surface area (Å²) in [5.41, 5.74) is 2.03. The molecule has 0 aliphatic carbocycles. The number of hydrogen-bond acceptors (Lipinski definition) is 5. The second kappa shape index (κ2) is 5.61. The quantitative estimate of drug-likeness (QED) is 0.695. The highest BCUT2D eigenvalue weighted by molar-refractivity contribution is 7.15. The van der Waals surface area contributed by atoms with E-state index in [1.807, 2.05) is 9.78 Å². The molecule has 0 aliphatic rings. The molecule has 0 radical (unpaired) electrons. The van der Waals surface area contributed by atoms with Crippen LogP contribution >= 0.6 is 11.3 Å². The number of carbonyl (C=O) groups excluding carboxylic acids is 1. The number of nitrogens with zero attached hydrogens (tertiary/aromatic N) is 3. The lowest BCUT2D eigenvalue weighted by atomic mass is 10.2. The van der Waals surface area contributed by atoms with E-state index in [2.05, 4.69) is 9.97 Å². The van der Waals surface area contributed by atoms with Crippen molar-refractivity contribution < 1.29 is 13.9 Å². The normalized spacial score (nSPS) is 11.0. The van der Waals surface area contributed by atoms with E-state index in [9.17, 15) is 9.18 Å². The molecule has 0 spiro atoms. The highest BCUT2D eigenvalue weighted by Gasteiger charge is 2.13. The summed E-state index contributed by atoms with van der Waals surface area (Å²) in [7, 11) is 0. The summed E-state index contributed by atoms with van der Waals surface area (Å²) >= 11 is 1.42. The van der Waals surface area contributed by atoms with Gasteiger partial charge in [0.1, 0.15) is 5.82 Å². The molecular formula is C14H12FN3O2S. The van der Waals surface area contributed by atoms with Crippen molar-refractivity contribution in [1.82, 2.24) is 14.4 Å². The van der Waals surface area contributed by atoms with E-state index in [4.69, 9.17) is 4.74 Å². The molecule has 3 aromatic heterocycles. The van der Waals surface area contributed by atoms with E-state index in [1.165, 1.54) is 17.4 Å². The molecule has 0 unspecified atom stereocenters. The van der Waals surface area contributed by atoms with Crippen LogP contribution in [-0.2, 0) is 16.0 Å². The smallest absolute Gasteiger partial charge is 0.311 e. The molecule has 0 aromatic carbocycles. The third-order valence-electron chi connectivity index (χ3n) is 2.91. The highest BCUT2D eigenvalue weighted by atomic mass is 32.1. The molecule has 5 nitrogen and oxygen atoms in total. The maximum absolute atomic E-state index is 13.2. The molecule has 0 fully saturated rings. The third-order valence-corrected chi connectivity index (χ3v) is 3.80. The van der Waals surface area contributed by atoms with Gasteiger partial charge in [-0.1, -0.05) is 0 Å². The summed E-state index contributed by atoms with van der Waals surface area (Å²) in [6.45, 7) is 2.13. The van der Waals surface area contributed by atoms with Crippen LogP contribution in [0.4, 0.5) is 4.39 Å². The van der Waals surface area contributed by atoms with Crippen LogP contribution in [0.15, 0.2) is 30.0 Å². The number of thiazole rings is 1. The topological polar surface area (TPSA) is 56.5 Å². The molecule has 3 rings (SSSR count). The van der Waals surface area contributed by atoms with Gasteiger partial charge in [-0.05, 0) is 13.0 Å². The number of carbonyl (C=O) groups is 1. The van der Waals surface area contributed by atoms with Crippen LogP contribution in [-0.4, -0.2) is 26.9 Å². The van der Waals surface area contributed by atoms with E-state index in [0.29, 0.717) is 17.9 Å². The molecule has 0 N–H and O–H groups in total. The minimum atomic E-state index is -0.407. The summed E-state index contributed by atoms with van der Waals surface area (Å²) in [4.78, 5) is 20.5. The Hall–Kier alpha value is -2.28. The van der Waals surface area contributed by atoms with Gasteiger partial charge in [0.05, 0.1) is 24.9 Å². The van der Waals surface area contributed by atoms with Gasteiger partial charge in [0.25, 0.3) is 0 Å². The third kappa shape index (κ3) is 2.78. The van der Waals surface area contributed by atoms with Crippen molar-refractivity contribution in [3.8, 4) is 11.3 Å². The molecule has 3 aromatic rings. The van der Waals surface area contributed by atoms with Crippen LogP contribution < -0.4 is 0 Å². The Morgan fingerprint density at radius 3 is 3.10 bits per heavy atom. The van der Waals surface area contributed by atoms with E-state index >= 15 is 0 Å². The number of halogens is 1. The Morgan fingerprint density at radius 1 is 1.48 bits per heavy atom. The van der Waals surface area contributed by atoms with Crippen molar-refractivity contribution in [3.63, 3.8) is 0 Å². The predicted molar refractivity (Wildman–Crippen MR) is 76.6 cm³/mol. The van der Waals surface area contributed by atoms with Gasteiger partial charge in [-0.15, -0.1) is 11.3 Å². The maximum Gasteiger partial charge on any atom is 0.311 e. The van der Waals surface area contributed by atoms with Gasteiger partial charge in [-0.25, -0.2) is 9.37 Å². The van der Waals surface area contributed by atoms with Gasteiger partial charge >= 0.3 is 5.97 Å². The Labute approximate surface area is 124 Å². The first-order valence-electron chi connectivity index (χ1n) is 6.39. The van der Waals surface area contributed by atoms with Crippen molar-refractivity contribution >= 4 is 22.3 Å². The van der Waals surface area contributed by atoms with Gasteiger partial charge in [-0.3, -0.25) is 14.2 Å². The minimum absolute atomic E-state index is 0.186. The number of rotatable bonds is 4. The monoisotopic (exact) mass is 305 g/mol. The Morgan fingerprint density at radius 2 is 2.33 bits per heavy atom. The first kappa shape index (κ1) is 13.7. The molecule has 0 atom stereocenters. The zero-order valence-corrected chi connectivity index (χ0v) is 12.1. The maximum atomic E-state index is 13.2. The lowest BCUT2D eigenvalue weighted by Gasteiger charge is -2.00. The molecule has 7 heteroatoms. The summed E-state index contributed by atoms with van der Waals surface area (Å²) in [6.07, 6.45) is 4.66. The number of pyridine rings is 1. The molecule has 0 amide bonds. The minimum Gasteiger partial charge on any atom is -0.466 e. The molecule has 108 valence electrons. The van der Waals surface area contributed by atoms with Gasteiger partial charge in [0.2, 0.25) is 0 Å². The van der Waals surface area contributed by atoms with E-state index in [-0.39, 0.29) is 12.4 Å². The van der Waals surface area contributed by atoms with E-state index in [0.717, 1.165) is 16.9 Å². The predicted octanol–water partition coefficient (Wildman–Crippen LogP) is 2.70. The van der Waals surface area contributed by atoms with Gasteiger partial charge < -0.3 is 4.74 Å². The van der Waals surface area contributed by atoms with Crippen molar-refractivity contribution in [1.29, 1.82) is 0 Å². The van der Waals surface area contributed by atoms with Crippen molar-refractivity contribution in [2.75, 3.05) is 6.61 Å². The van der Waals surface area contributed by atoms with Gasteiger partial charge in [0, 0.05) is 29.0 Å². The van der Waals surface area contributed by atoms with E-state index < -0.39 is 5.82 Å². The molecule has 21 heavy (non-hydrogen) atoms. The molecule has 3 heterocycles. The fraction of sp³-hybridized carbons (Fsp3) is 0.214. The summed E-state index contributed by atoms with van der Waals surface area (Å²) in [6, 6.07) is 1.38. The van der Waals surface area contributed by atoms with Gasteiger partial charge in [-0.2, -0.15) is 0 Å². The zero-order chi connectivity index (χ0) is 14.8. The van der Waals surface area contributed by atoms with Crippen LogP contribution in [0.3, 0.4) is 0 Å². The van der Waals surface area contributed by atoms with Crippen LogP contribution in [0.2, 0.25) is 0 Å². The SMILES string of the molecule is CCOC(=O)Cc1csc2nc(-c3cncc(F)c3)cn12. The van der Waals surface area contributed by atoms with Crippen LogP contribution in [0.5, 0.6) is 0 Å². The number of aromatic nitrogens is 3. The number of ether oxygens (including phenoxy) is 1. The first-order chi connectivity index (χ1) is 10.2. The number of fused-ring (bicyclic) bond motifs is 1. The fourth-order valence-electron chi connectivity index (χ4n) is 2.01. The zero-order valence-electron chi connectivity index (χ0n) is 11.2. The van der Waals surface area contributed by atoms with E-state index in [1.54, 1.807) is 19.3 Å². The molecule has 0 saturated carbocycles. The average Bonchev–Trinajstić information content (AvgIpc) is 3.01. The van der Waals surface area contributed by atoms with Crippen LogP contribution in [0.1, 0.15) is 12.6 Å². The second-order valence-corrected chi connectivity index (χ2v) is 5.22. The number of esters is 1. The average molecular weight is 305 g/mol. The van der Waals surface area contributed by atoms with Crippen molar-refractivity contribution in [2.24, 2.45) is 0 Å². The summed E-state index contributed by atoms with van der Waals surface area (Å²) in [5, 5.41) is 1.87. The number of imidazole rings is 1. The van der Waals surface area contributed by atoms with Gasteiger partial charge in [0.15, 0.2) is 4.96 Å². The second-order valence-electron chi connectivity index (χ2n) is 4.38. The highest BCUT2D eigenvalue weighted by Crippen LogP contribution is 2.24. The fourth-order valence-corrected chi connectivity index (χ4v) is 2.88. The molecule has 0 aliphatic heterocycles. The summed E-state index contributed by atoms with van der Waals surface area (Å²) in [5.74, 6) is -0.685. The number of hydrogen-bond donors (Lipinski definition) is 0. The Kier molecular flexibility index (Phi) is 3.66. The van der Waals surface area contributed by atoms with Crippen molar-refractivity contribution in [2.45, 2.75) is 13.3 Å². The Balaban J connectivity index is 1.94. The molecule has 0 bridgehead atoms.